The van der Waals surface area contributed by atoms with Crippen LogP contribution in [0.2, 0.25) is 0 Å². The number of hydrogen-bond donors (Lipinski definition) is 1. The van der Waals surface area contributed by atoms with E-state index in [-0.39, 0.29) is 16.9 Å². The fourth-order valence-corrected chi connectivity index (χ4v) is 5.16. The van der Waals surface area contributed by atoms with Crippen LogP contribution in [0, 0.1) is 17.7 Å². The number of ether oxygens (including phenoxy) is 2. The van der Waals surface area contributed by atoms with E-state index in [0.717, 1.165) is 37.5 Å². The van der Waals surface area contributed by atoms with Crippen LogP contribution in [0.15, 0.2) is 36.4 Å². The molecule has 0 spiro atoms. The molecule has 192 valence electrons. The molecule has 0 aromatic heterocycles. The Morgan fingerprint density at radius 2 is 1.51 bits per heavy atom. The molecular weight excluding hydrogens is 443 g/mol. The van der Waals surface area contributed by atoms with Crippen molar-refractivity contribution < 1.29 is 23.8 Å². The van der Waals surface area contributed by atoms with Crippen LogP contribution >= 0.6 is 0 Å². The van der Waals surface area contributed by atoms with Gasteiger partial charge in [0.25, 0.3) is 0 Å². The van der Waals surface area contributed by atoms with E-state index in [1.807, 2.05) is 0 Å². The summed E-state index contributed by atoms with van der Waals surface area (Å²) in [4.78, 5) is 11.7. The maximum Gasteiger partial charge on any atom is 0.336 e. The first-order valence-corrected chi connectivity index (χ1v) is 13.4. The quantitative estimate of drug-likeness (QED) is 0.273. The van der Waals surface area contributed by atoms with E-state index in [1.165, 1.54) is 57.1 Å². The van der Waals surface area contributed by atoms with Crippen molar-refractivity contribution in [3.63, 3.8) is 0 Å². The van der Waals surface area contributed by atoms with E-state index >= 15 is 4.39 Å². The highest BCUT2D eigenvalue weighted by Gasteiger charge is 2.21. The van der Waals surface area contributed by atoms with Crippen molar-refractivity contribution >= 4 is 5.97 Å². The van der Waals surface area contributed by atoms with Gasteiger partial charge in [0.05, 0.1) is 18.8 Å². The van der Waals surface area contributed by atoms with Crippen LogP contribution in [0.1, 0.15) is 94.8 Å². The second-order valence-corrected chi connectivity index (χ2v) is 9.85. The number of benzene rings is 2. The number of aromatic carboxylic acids is 1. The number of unbranched alkanes of at least 4 members (excludes halogenated alkanes) is 2. The summed E-state index contributed by atoms with van der Waals surface area (Å²) in [5, 5.41) is 9.60. The molecule has 1 aliphatic carbocycles. The van der Waals surface area contributed by atoms with Gasteiger partial charge in [-0.25, -0.2) is 9.18 Å². The molecule has 2 aromatic carbocycles. The van der Waals surface area contributed by atoms with Gasteiger partial charge in [-0.15, -0.1) is 0 Å². The molecule has 0 heterocycles. The van der Waals surface area contributed by atoms with Crippen molar-refractivity contribution in [2.24, 2.45) is 11.8 Å². The molecule has 35 heavy (non-hydrogen) atoms. The Hall–Kier alpha value is -2.56. The fourth-order valence-electron chi connectivity index (χ4n) is 5.16. The van der Waals surface area contributed by atoms with Gasteiger partial charge in [0.1, 0.15) is 5.75 Å². The van der Waals surface area contributed by atoms with E-state index in [1.54, 1.807) is 24.3 Å². The molecule has 5 heteroatoms. The lowest BCUT2D eigenvalue weighted by molar-refractivity contribution is 0.0697. The van der Waals surface area contributed by atoms with E-state index in [9.17, 15) is 9.90 Å². The van der Waals surface area contributed by atoms with Crippen LogP contribution in [0.4, 0.5) is 4.39 Å². The third kappa shape index (κ3) is 7.98. The molecule has 0 saturated heterocycles. The second kappa shape index (κ2) is 14.1. The Morgan fingerprint density at radius 3 is 2.14 bits per heavy atom. The summed E-state index contributed by atoms with van der Waals surface area (Å²) in [6.07, 6.45) is 13.2. The predicted molar refractivity (Wildman–Crippen MR) is 139 cm³/mol. The number of carboxylic acid groups (broad SMARTS) is 1. The van der Waals surface area contributed by atoms with Crippen molar-refractivity contribution in [3.8, 4) is 22.6 Å². The highest BCUT2D eigenvalue weighted by atomic mass is 19.1. The molecule has 1 fully saturated rings. The van der Waals surface area contributed by atoms with E-state index in [4.69, 9.17) is 9.47 Å². The Labute approximate surface area is 209 Å². The normalized spacial score (nSPS) is 17.8. The molecule has 3 rings (SSSR count). The van der Waals surface area contributed by atoms with Crippen LogP contribution in [-0.2, 0) is 0 Å². The number of halogens is 1. The standard InChI is InChI=1S/C30H41FO4/c1-3-5-6-20-35-27-19-18-26(30(32)33)28(29(27)31)24-14-16-25(17-15-24)34-21-7-9-23-12-10-22(8-4-2)11-13-23/h14-19,22-23H,3-13,20-21H2,1-2H3,(H,32,33). The minimum atomic E-state index is -1.17. The largest absolute Gasteiger partial charge is 0.494 e. The molecular formula is C30H41FO4. The molecule has 1 N–H and O–H groups in total. The molecule has 0 amide bonds. The summed E-state index contributed by atoms with van der Waals surface area (Å²) in [6.45, 7) is 5.43. The summed E-state index contributed by atoms with van der Waals surface area (Å²) >= 11 is 0. The lowest BCUT2D eigenvalue weighted by Gasteiger charge is -2.28. The Balaban J connectivity index is 1.56. The van der Waals surface area contributed by atoms with Gasteiger partial charge in [0, 0.05) is 5.56 Å². The smallest absolute Gasteiger partial charge is 0.336 e. The Morgan fingerprint density at radius 1 is 0.857 bits per heavy atom. The zero-order chi connectivity index (χ0) is 25.0. The van der Waals surface area contributed by atoms with Crippen molar-refractivity contribution in [3.05, 3.63) is 47.8 Å². The monoisotopic (exact) mass is 484 g/mol. The molecule has 0 aliphatic heterocycles. The highest BCUT2D eigenvalue weighted by molar-refractivity contribution is 5.96. The van der Waals surface area contributed by atoms with Gasteiger partial charge >= 0.3 is 5.97 Å². The van der Waals surface area contributed by atoms with Gasteiger partial charge in [-0.2, -0.15) is 0 Å². The molecule has 0 unspecified atom stereocenters. The maximum absolute atomic E-state index is 15.3. The SMILES string of the molecule is CCCCCOc1ccc(C(=O)O)c(-c2ccc(OCCCC3CCC(CCC)CC3)cc2)c1F. The van der Waals surface area contributed by atoms with Gasteiger partial charge in [-0.3, -0.25) is 0 Å². The summed E-state index contributed by atoms with van der Waals surface area (Å²) < 4.78 is 26.8. The molecule has 0 atom stereocenters. The third-order valence-electron chi connectivity index (χ3n) is 7.17. The fraction of sp³-hybridized carbons (Fsp3) is 0.567. The molecule has 1 saturated carbocycles. The second-order valence-electron chi connectivity index (χ2n) is 9.85. The van der Waals surface area contributed by atoms with E-state index < -0.39 is 11.8 Å². The summed E-state index contributed by atoms with van der Waals surface area (Å²) in [7, 11) is 0. The lowest BCUT2D eigenvalue weighted by Crippen LogP contribution is -2.15. The van der Waals surface area contributed by atoms with Crippen molar-refractivity contribution in [2.45, 2.75) is 84.5 Å². The highest BCUT2D eigenvalue weighted by Crippen LogP contribution is 2.35. The minimum absolute atomic E-state index is 0.0516. The van der Waals surface area contributed by atoms with Crippen LogP contribution in [0.3, 0.4) is 0 Å². The van der Waals surface area contributed by atoms with Crippen LogP contribution < -0.4 is 9.47 Å². The molecule has 0 radical (unpaired) electrons. The average molecular weight is 485 g/mol. The lowest BCUT2D eigenvalue weighted by atomic mass is 9.78. The first kappa shape index (κ1) is 27.0. The first-order valence-electron chi connectivity index (χ1n) is 13.4. The zero-order valence-corrected chi connectivity index (χ0v) is 21.4. The number of rotatable bonds is 14. The summed E-state index contributed by atoms with van der Waals surface area (Å²) in [5.41, 5.74) is 0.469. The third-order valence-corrected chi connectivity index (χ3v) is 7.17. The predicted octanol–water partition coefficient (Wildman–Crippen LogP) is 8.53. The van der Waals surface area contributed by atoms with Gasteiger partial charge in [-0.05, 0) is 60.9 Å². The minimum Gasteiger partial charge on any atom is -0.494 e. The summed E-state index contributed by atoms with van der Waals surface area (Å²) in [5.74, 6) is 0.757. The molecule has 4 nitrogen and oxygen atoms in total. The van der Waals surface area contributed by atoms with Crippen molar-refractivity contribution in [1.82, 2.24) is 0 Å². The van der Waals surface area contributed by atoms with Gasteiger partial charge in [0.15, 0.2) is 11.6 Å². The van der Waals surface area contributed by atoms with Crippen LogP contribution in [0.25, 0.3) is 11.1 Å². The average Bonchev–Trinajstić information content (AvgIpc) is 2.86. The molecule has 2 aromatic rings. The Kier molecular flexibility index (Phi) is 10.9. The number of hydrogen-bond acceptors (Lipinski definition) is 3. The van der Waals surface area contributed by atoms with Gasteiger partial charge in [0.2, 0.25) is 0 Å². The maximum atomic E-state index is 15.3. The topological polar surface area (TPSA) is 55.8 Å². The first-order chi connectivity index (χ1) is 17.0. The Bertz CT molecular complexity index is 917. The zero-order valence-electron chi connectivity index (χ0n) is 21.4. The van der Waals surface area contributed by atoms with E-state index in [2.05, 4.69) is 13.8 Å². The molecule has 0 bridgehead atoms. The summed E-state index contributed by atoms with van der Waals surface area (Å²) in [6, 6.07) is 9.82. The molecule has 1 aliphatic rings. The van der Waals surface area contributed by atoms with Crippen LogP contribution in [0.5, 0.6) is 11.5 Å². The van der Waals surface area contributed by atoms with Crippen molar-refractivity contribution in [1.29, 1.82) is 0 Å². The van der Waals surface area contributed by atoms with Gasteiger partial charge < -0.3 is 14.6 Å². The van der Waals surface area contributed by atoms with Crippen molar-refractivity contribution in [2.75, 3.05) is 13.2 Å². The number of carbonyl (C=O) groups is 1. The van der Waals surface area contributed by atoms with Crippen LogP contribution in [-0.4, -0.2) is 24.3 Å². The number of carboxylic acids is 1. The van der Waals surface area contributed by atoms with E-state index in [0.29, 0.717) is 24.5 Å². The van der Waals surface area contributed by atoms with Gasteiger partial charge in [-0.1, -0.05) is 77.3 Å².